The van der Waals surface area contributed by atoms with Crippen molar-refractivity contribution in [3.8, 4) is 0 Å². The van der Waals surface area contributed by atoms with Crippen LogP contribution in [0.15, 0.2) is 18.3 Å². The summed E-state index contributed by atoms with van der Waals surface area (Å²) >= 11 is 0. The van der Waals surface area contributed by atoms with Crippen molar-refractivity contribution in [3.63, 3.8) is 0 Å². The van der Waals surface area contributed by atoms with E-state index in [0.29, 0.717) is 6.04 Å². The number of imidazole rings is 1. The van der Waals surface area contributed by atoms with Gasteiger partial charge in [0.25, 0.3) is 0 Å². The lowest BCUT2D eigenvalue weighted by molar-refractivity contribution is 0.146. The van der Waals surface area contributed by atoms with Crippen molar-refractivity contribution >= 4 is 11.2 Å². The van der Waals surface area contributed by atoms with Crippen LogP contribution in [0.3, 0.4) is 0 Å². The second-order valence-corrected chi connectivity index (χ2v) is 5.69. The van der Waals surface area contributed by atoms with Gasteiger partial charge in [0.1, 0.15) is 11.3 Å². The van der Waals surface area contributed by atoms with Gasteiger partial charge in [0.05, 0.1) is 6.04 Å². The predicted molar refractivity (Wildman–Crippen MR) is 83.1 cm³/mol. The highest BCUT2D eigenvalue weighted by molar-refractivity contribution is 5.71. The molecule has 1 unspecified atom stereocenters. The Labute approximate surface area is 125 Å². The first-order valence-electron chi connectivity index (χ1n) is 8.01. The third-order valence-electron chi connectivity index (χ3n) is 4.39. The minimum absolute atomic E-state index is 0.202. The van der Waals surface area contributed by atoms with Crippen LogP contribution in [0.1, 0.15) is 44.5 Å². The van der Waals surface area contributed by atoms with Crippen LogP contribution in [0.4, 0.5) is 0 Å². The van der Waals surface area contributed by atoms with Crippen LogP contribution < -0.4 is 0 Å². The molecule has 1 N–H and O–H groups in total. The smallest absolute Gasteiger partial charge is 0.160 e. The zero-order valence-corrected chi connectivity index (χ0v) is 12.7. The highest BCUT2D eigenvalue weighted by Crippen LogP contribution is 2.31. The minimum Gasteiger partial charge on any atom is -0.396 e. The number of rotatable bonds is 5. The Morgan fingerprint density at radius 1 is 1.38 bits per heavy atom. The summed E-state index contributed by atoms with van der Waals surface area (Å²) in [6.45, 7) is 5.41. The number of pyridine rings is 1. The van der Waals surface area contributed by atoms with Crippen molar-refractivity contribution in [2.24, 2.45) is 0 Å². The van der Waals surface area contributed by atoms with Crippen molar-refractivity contribution < 1.29 is 5.11 Å². The summed E-state index contributed by atoms with van der Waals surface area (Å²) in [6.07, 6.45) is 6.27. The van der Waals surface area contributed by atoms with Gasteiger partial charge in [-0.1, -0.05) is 13.3 Å². The Bertz CT molecular complexity index is 595. The Hall–Kier alpha value is -1.46. The van der Waals surface area contributed by atoms with Crippen LogP contribution >= 0.6 is 0 Å². The van der Waals surface area contributed by atoms with Crippen molar-refractivity contribution in [1.29, 1.82) is 0 Å². The first-order chi connectivity index (χ1) is 10.3. The van der Waals surface area contributed by atoms with Gasteiger partial charge in [0, 0.05) is 19.3 Å². The summed E-state index contributed by atoms with van der Waals surface area (Å²) in [4.78, 5) is 11.9. The maximum Gasteiger partial charge on any atom is 0.160 e. The molecule has 0 saturated carbocycles. The van der Waals surface area contributed by atoms with E-state index in [0.717, 1.165) is 49.5 Å². The zero-order chi connectivity index (χ0) is 14.7. The Morgan fingerprint density at radius 3 is 3.10 bits per heavy atom. The molecule has 2 aromatic rings. The third kappa shape index (κ3) is 2.80. The molecule has 0 aliphatic carbocycles. The number of aryl methyl sites for hydroxylation is 1. The van der Waals surface area contributed by atoms with E-state index in [1.807, 2.05) is 18.3 Å². The van der Waals surface area contributed by atoms with Gasteiger partial charge in [0.2, 0.25) is 0 Å². The molecule has 5 heteroatoms. The van der Waals surface area contributed by atoms with E-state index >= 15 is 0 Å². The molecular weight excluding hydrogens is 264 g/mol. The van der Waals surface area contributed by atoms with E-state index in [9.17, 15) is 5.11 Å². The van der Waals surface area contributed by atoms with Gasteiger partial charge in [-0.15, -0.1) is 0 Å². The number of hydrogen-bond donors (Lipinski definition) is 1. The number of likely N-dealkylation sites (tertiary alicyclic amines) is 1. The molecule has 2 aromatic heterocycles. The first kappa shape index (κ1) is 14.5. The molecule has 21 heavy (non-hydrogen) atoms. The predicted octanol–water partition coefficient (Wildman–Crippen LogP) is 2.36. The fourth-order valence-electron chi connectivity index (χ4n) is 3.34. The lowest BCUT2D eigenvalue weighted by Crippen LogP contribution is -2.34. The first-order valence-corrected chi connectivity index (χ1v) is 8.01. The topological polar surface area (TPSA) is 54.2 Å². The molecule has 0 radical (unpaired) electrons. The SMILES string of the molecule is CCN1CCCCC1c1nc2cccnc2n1CCCO. The van der Waals surface area contributed by atoms with E-state index in [1.165, 1.54) is 12.8 Å². The average Bonchev–Trinajstić information content (AvgIpc) is 2.91. The molecule has 3 rings (SSSR count). The van der Waals surface area contributed by atoms with Crippen LogP contribution in [0.5, 0.6) is 0 Å². The van der Waals surface area contributed by atoms with Gasteiger partial charge in [-0.05, 0) is 44.5 Å². The minimum atomic E-state index is 0.202. The summed E-state index contributed by atoms with van der Waals surface area (Å²) in [5.41, 5.74) is 1.91. The van der Waals surface area contributed by atoms with Gasteiger partial charge < -0.3 is 9.67 Å². The summed E-state index contributed by atoms with van der Waals surface area (Å²) in [7, 11) is 0. The molecule has 0 aromatic carbocycles. The van der Waals surface area contributed by atoms with Crippen molar-refractivity contribution in [3.05, 3.63) is 24.2 Å². The molecule has 1 fully saturated rings. The van der Waals surface area contributed by atoms with Crippen LogP contribution in [0, 0.1) is 0 Å². The Morgan fingerprint density at radius 2 is 2.29 bits per heavy atom. The molecule has 1 atom stereocenters. The maximum absolute atomic E-state index is 9.17. The van der Waals surface area contributed by atoms with Gasteiger partial charge in [-0.3, -0.25) is 4.90 Å². The molecule has 0 bridgehead atoms. The molecule has 5 nitrogen and oxygen atoms in total. The number of hydrogen-bond acceptors (Lipinski definition) is 4. The number of fused-ring (bicyclic) bond motifs is 1. The van der Waals surface area contributed by atoms with Crippen molar-refractivity contribution in [2.45, 2.75) is 45.2 Å². The standard InChI is InChI=1S/C16H24N4O/c1-2-19-10-4-3-8-14(19)16-18-13-7-5-9-17-15(13)20(16)11-6-12-21/h5,7,9,14,21H,2-4,6,8,10-12H2,1H3. The second kappa shape index (κ2) is 6.54. The molecule has 0 spiro atoms. The van der Waals surface area contributed by atoms with Crippen LogP contribution in [-0.2, 0) is 6.54 Å². The molecule has 114 valence electrons. The number of aromatic nitrogens is 3. The highest BCUT2D eigenvalue weighted by Gasteiger charge is 2.27. The second-order valence-electron chi connectivity index (χ2n) is 5.69. The fraction of sp³-hybridized carbons (Fsp3) is 0.625. The van der Waals surface area contributed by atoms with Crippen LogP contribution in [-0.4, -0.2) is 44.2 Å². The molecular formula is C16H24N4O. The Kier molecular flexibility index (Phi) is 4.51. The monoisotopic (exact) mass is 288 g/mol. The van der Waals surface area contributed by atoms with Gasteiger partial charge in [-0.2, -0.15) is 0 Å². The number of piperidine rings is 1. The number of aliphatic hydroxyl groups is 1. The van der Waals surface area contributed by atoms with E-state index < -0.39 is 0 Å². The normalized spacial score (nSPS) is 20.2. The van der Waals surface area contributed by atoms with E-state index in [4.69, 9.17) is 4.98 Å². The van der Waals surface area contributed by atoms with Crippen molar-refractivity contribution in [2.75, 3.05) is 19.7 Å². The largest absolute Gasteiger partial charge is 0.396 e. The summed E-state index contributed by atoms with van der Waals surface area (Å²) in [5.74, 6) is 1.12. The molecule has 3 heterocycles. The van der Waals surface area contributed by atoms with Crippen LogP contribution in [0.2, 0.25) is 0 Å². The third-order valence-corrected chi connectivity index (χ3v) is 4.39. The molecule has 1 saturated heterocycles. The van der Waals surface area contributed by atoms with E-state index in [2.05, 4.69) is 21.4 Å². The highest BCUT2D eigenvalue weighted by atomic mass is 16.3. The molecule has 0 amide bonds. The fourth-order valence-corrected chi connectivity index (χ4v) is 3.34. The molecule has 1 aliphatic rings. The summed E-state index contributed by atoms with van der Waals surface area (Å²) in [6, 6.07) is 4.35. The lowest BCUT2D eigenvalue weighted by Gasteiger charge is -2.34. The van der Waals surface area contributed by atoms with Gasteiger partial charge >= 0.3 is 0 Å². The summed E-state index contributed by atoms with van der Waals surface area (Å²) < 4.78 is 2.21. The quantitative estimate of drug-likeness (QED) is 0.917. The van der Waals surface area contributed by atoms with E-state index in [-0.39, 0.29) is 6.61 Å². The maximum atomic E-state index is 9.17. The number of nitrogens with zero attached hydrogens (tertiary/aromatic N) is 4. The average molecular weight is 288 g/mol. The van der Waals surface area contributed by atoms with E-state index in [1.54, 1.807) is 0 Å². The summed E-state index contributed by atoms with van der Waals surface area (Å²) in [5, 5.41) is 9.17. The van der Waals surface area contributed by atoms with Crippen LogP contribution in [0.25, 0.3) is 11.2 Å². The van der Waals surface area contributed by atoms with Gasteiger partial charge in [-0.25, -0.2) is 9.97 Å². The van der Waals surface area contributed by atoms with Gasteiger partial charge in [0.15, 0.2) is 5.65 Å². The number of aliphatic hydroxyl groups excluding tert-OH is 1. The zero-order valence-electron chi connectivity index (χ0n) is 12.7. The Balaban J connectivity index is 2.02. The van der Waals surface area contributed by atoms with Crippen molar-refractivity contribution in [1.82, 2.24) is 19.4 Å². The lowest BCUT2D eigenvalue weighted by atomic mass is 10.0. The molecule has 1 aliphatic heterocycles.